The Kier molecular flexibility index (Phi) is 5.86. The summed E-state index contributed by atoms with van der Waals surface area (Å²) in [6.45, 7) is 0.426. The molecule has 3 aromatic carbocycles. The topological polar surface area (TPSA) is 114 Å². The van der Waals surface area contributed by atoms with E-state index in [0.29, 0.717) is 18.0 Å². The number of hydrogen-bond donors (Lipinski definition) is 1. The molecule has 1 aromatic heterocycles. The van der Waals surface area contributed by atoms with Crippen LogP contribution >= 0.6 is 11.3 Å². The lowest BCUT2D eigenvalue weighted by atomic mass is 9.97. The SMILES string of the molecule is CS(=O)(=O)c1ccc(S(=O)(=O)N2CCC(C(=O)Nc3nc4c(cc5c6c(cccc64)CC5)s3)CC2)cc1. The number of benzene rings is 3. The fraction of sp³-hybridized carbons (Fsp3) is 0.308. The minimum Gasteiger partial charge on any atom is -0.302 e. The van der Waals surface area contributed by atoms with Crippen LogP contribution in [0.1, 0.15) is 24.0 Å². The lowest BCUT2D eigenvalue weighted by molar-refractivity contribution is -0.120. The van der Waals surface area contributed by atoms with Crippen molar-refractivity contribution in [3.05, 3.63) is 59.7 Å². The summed E-state index contributed by atoms with van der Waals surface area (Å²) in [6.07, 6.45) is 3.94. The molecule has 1 saturated heterocycles. The van der Waals surface area contributed by atoms with E-state index in [0.717, 1.165) is 34.7 Å². The molecule has 0 radical (unpaired) electrons. The molecule has 37 heavy (non-hydrogen) atoms. The van der Waals surface area contributed by atoms with Gasteiger partial charge in [-0.25, -0.2) is 21.8 Å². The number of sulfone groups is 1. The third-order valence-corrected chi connectivity index (χ3v) is 11.3. The van der Waals surface area contributed by atoms with Crippen LogP contribution in [0.25, 0.3) is 21.0 Å². The van der Waals surface area contributed by atoms with Gasteiger partial charge in [0.15, 0.2) is 15.0 Å². The number of hydrogen-bond acceptors (Lipinski definition) is 7. The zero-order valence-electron chi connectivity index (χ0n) is 20.1. The largest absolute Gasteiger partial charge is 0.302 e. The van der Waals surface area contributed by atoms with E-state index >= 15 is 0 Å². The molecular formula is C26H25N3O5S3. The van der Waals surface area contributed by atoms with Crippen LogP contribution in [0.4, 0.5) is 5.13 Å². The fourth-order valence-electron chi connectivity index (χ4n) is 5.33. The van der Waals surface area contributed by atoms with Gasteiger partial charge < -0.3 is 5.32 Å². The molecule has 11 heteroatoms. The molecule has 0 atom stereocenters. The zero-order valence-corrected chi connectivity index (χ0v) is 22.5. The second-order valence-electron chi connectivity index (χ2n) is 9.65. The molecule has 1 amide bonds. The van der Waals surface area contributed by atoms with Crippen LogP contribution in [-0.4, -0.2) is 51.4 Å². The van der Waals surface area contributed by atoms with E-state index in [4.69, 9.17) is 4.98 Å². The van der Waals surface area contributed by atoms with E-state index in [1.54, 1.807) is 0 Å². The minimum absolute atomic E-state index is 0.0418. The number of nitrogens with zero attached hydrogens (tertiary/aromatic N) is 2. The number of nitrogens with one attached hydrogen (secondary N) is 1. The Hall–Kier alpha value is -2.86. The van der Waals surface area contributed by atoms with Gasteiger partial charge in [-0.3, -0.25) is 4.79 Å². The maximum Gasteiger partial charge on any atom is 0.243 e. The molecule has 1 aliphatic carbocycles. The standard InChI is InChI=1S/C26H25N3O5S3/c1-36(31,32)19-7-9-20(10-8-19)37(33,34)29-13-11-17(12-14-29)25(30)28-26-27-24-21-4-2-3-16-5-6-18(23(16)21)15-22(24)35-26/h2-4,7-10,15,17H,5-6,11-14H2,1H3,(H,27,28,30). The van der Waals surface area contributed by atoms with Crippen molar-refractivity contribution in [2.24, 2.45) is 5.92 Å². The van der Waals surface area contributed by atoms with E-state index in [-0.39, 0.29) is 34.7 Å². The number of carbonyl (C=O) groups is 1. The van der Waals surface area contributed by atoms with Gasteiger partial charge in [0.05, 0.1) is 20.0 Å². The lowest BCUT2D eigenvalue weighted by Gasteiger charge is -2.30. The van der Waals surface area contributed by atoms with Gasteiger partial charge in [-0.05, 0) is 72.5 Å². The number of thiazole rings is 1. The lowest BCUT2D eigenvalue weighted by Crippen LogP contribution is -2.41. The van der Waals surface area contributed by atoms with Crippen LogP contribution in [0, 0.1) is 5.92 Å². The summed E-state index contributed by atoms with van der Waals surface area (Å²) >= 11 is 1.47. The molecule has 0 bridgehead atoms. The summed E-state index contributed by atoms with van der Waals surface area (Å²) in [4.78, 5) is 17.9. The van der Waals surface area contributed by atoms with Crippen molar-refractivity contribution in [2.45, 2.75) is 35.5 Å². The van der Waals surface area contributed by atoms with Crippen molar-refractivity contribution in [3.63, 3.8) is 0 Å². The molecule has 6 rings (SSSR count). The van der Waals surface area contributed by atoms with Crippen molar-refractivity contribution in [1.29, 1.82) is 0 Å². The van der Waals surface area contributed by atoms with Gasteiger partial charge >= 0.3 is 0 Å². The molecule has 0 spiro atoms. The number of aryl methyl sites for hydroxylation is 2. The van der Waals surface area contributed by atoms with Crippen molar-refractivity contribution in [3.8, 4) is 0 Å². The first kappa shape index (κ1) is 24.5. The Morgan fingerprint density at radius 1 is 0.973 bits per heavy atom. The second-order valence-corrected chi connectivity index (χ2v) is 14.6. The highest BCUT2D eigenvalue weighted by Gasteiger charge is 2.32. The first-order valence-corrected chi connectivity index (χ1v) is 16.2. The third kappa shape index (κ3) is 4.33. The number of rotatable bonds is 5. The Balaban J connectivity index is 1.14. The van der Waals surface area contributed by atoms with E-state index in [1.165, 1.54) is 56.4 Å². The van der Waals surface area contributed by atoms with Crippen LogP contribution in [0.5, 0.6) is 0 Å². The number of amides is 1. The molecule has 0 saturated carbocycles. The van der Waals surface area contributed by atoms with Crippen LogP contribution in [0.3, 0.4) is 0 Å². The summed E-state index contributed by atoms with van der Waals surface area (Å²) < 4.78 is 51.8. The predicted molar refractivity (Wildman–Crippen MR) is 144 cm³/mol. The molecule has 4 aromatic rings. The molecule has 1 N–H and O–H groups in total. The maximum atomic E-state index is 13.0. The molecule has 1 aliphatic heterocycles. The maximum absolute atomic E-state index is 13.0. The Bertz CT molecular complexity index is 1770. The Morgan fingerprint density at radius 2 is 1.65 bits per heavy atom. The molecule has 2 aliphatic rings. The number of piperidine rings is 1. The normalized spacial score (nSPS) is 17.0. The van der Waals surface area contributed by atoms with Crippen molar-refractivity contribution >= 4 is 63.2 Å². The summed E-state index contributed by atoms with van der Waals surface area (Å²) in [5.41, 5.74) is 3.59. The monoisotopic (exact) mass is 555 g/mol. The fourth-order valence-corrected chi connectivity index (χ4v) is 8.38. The van der Waals surface area contributed by atoms with Crippen LogP contribution < -0.4 is 5.32 Å². The first-order valence-electron chi connectivity index (χ1n) is 12.1. The zero-order chi connectivity index (χ0) is 25.9. The molecule has 8 nitrogen and oxygen atoms in total. The van der Waals surface area contributed by atoms with Gasteiger partial charge in [-0.2, -0.15) is 4.31 Å². The van der Waals surface area contributed by atoms with Crippen molar-refractivity contribution in [2.75, 3.05) is 24.7 Å². The highest BCUT2D eigenvalue weighted by molar-refractivity contribution is 7.90. The smallest absolute Gasteiger partial charge is 0.243 e. The quantitative estimate of drug-likeness (QED) is 0.398. The summed E-state index contributed by atoms with van der Waals surface area (Å²) in [5, 5.41) is 5.94. The molecular weight excluding hydrogens is 531 g/mol. The highest BCUT2D eigenvalue weighted by Crippen LogP contribution is 2.39. The summed E-state index contributed by atoms with van der Waals surface area (Å²) in [7, 11) is -7.19. The average molecular weight is 556 g/mol. The number of anilines is 1. The third-order valence-electron chi connectivity index (χ3n) is 7.29. The van der Waals surface area contributed by atoms with Gasteiger partial charge in [-0.15, -0.1) is 0 Å². The second kappa shape index (κ2) is 8.87. The highest BCUT2D eigenvalue weighted by atomic mass is 32.2. The summed E-state index contributed by atoms with van der Waals surface area (Å²) in [5.74, 6) is -0.463. The number of carbonyl (C=O) groups excluding carboxylic acids is 1. The van der Waals surface area contributed by atoms with E-state index < -0.39 is 19.9 Å². The van der Waals surface area contributed by atoms with E-state index in [2.05, 4.69) is 29.6 Å². The molecule has 2 heterocycles. The van der Waals surface area contributed by atoms with Crippen LogP contribution in [0.2, 0.25) is 0 Å². The predicted octanol–water partition coefficient (Wildman–Crippen LogP) is 3.99. The average Bonchev–Trinajstić information content (AvgIpc) is 3.48. The van der Waals surface area contributed by atoms with E-state index in [9.17, 15) is 21.6 Å². The van der Waals surface area contributed by atoms with Crippen molar-refractivity contribution < 1.29 is 21.6 Å². The summed E-state index contributed by atoms with van der Waals surface area (Å²) in [6, 6.07) is 13.7. The number of fused-ring (bicyclic) bond motifs is 2. The van der Waals surface area contributed by atoms with Gasteiger partial charge in [-0.1, -0.05) is 29.5 Å². The molecule has 0 unspecified atom stereocenters. The van der Waals surface area contributed by atoms with Crippen LogP contribution in [-0.2, 0) is 37.5 Å². The van der Waals surface area contributed by atoms with Gasteiger partial charge in [0.1, 0.15) is 0 Å². The first-order chi connectivity index (χ1) is 17.6. The van der Waals surface area contributed by atoms with E-state index in [1.807, 2.05) is 0 Å². The Morgan fingerprint density at radius 3 is 2.35 bits per heavy atom. The number of aromatic nitrogens is 1. The van der Waals surface area contributed by atoms with Crippen LogP contribution in [0.15, 0.2) is 58.3 Å². The van der Waals surface area contributed by atoms with Crippen molar-refractivity contribution in [1.82, 2.24) is 9.29 Å². The number of sulfonamides is 1. The molecule has 1 fully saturated rings. The van der Waals surface area contributed by atoms with Gasteiger partial charge in [0.2, 0.25) is 15.9 Å². The molecule has 192 valence electrons. The Labute approximate surface area is 219 Å². The van der Waals surface area contributed by atoms with Gasteiger partial charge in [0, 0.05) is 30.6 Å². The minimum atomic E-state index is -3.78. The van der Waals surface area contributed by atoms with Gasteiger partial charge in [0.25, 0.3) is 0 Å².